The van der Waals surface area contributed by atoms with E-state index < -0.39 is 10.0 Å². The van der Waals surface area contributed by atoms with Crippen LogP contribution in [0.15, 0.2) is 57.8 Å². The van der Waals surface area contributed by atoms with Crippen molar-refractivity contribution >= 4 is 27.5 Å². The first-order valence-corrected chi connectivity index (χ1v) is 9.09. The second kappa shape index (κ2) is 5.45. The van der Waals surface area contributed by atoms with Crippen molar-refractivity contribution in [2.24, 2.45) is 4.40 Å². The highest BCUT2D eigenvalue weighted by atomic mass is 32.2. The molecule has 0 spiro atoms. The third-order valence-electron chi connectivity index (χ3n) is 4.17. The SMILES string of the molecule is O=C(c1ccc(NC2=NS(=O)(=O)c3ccccc32)cc1)N1CCC1. The molecule has 0 radical (unpaired) electrons. The Kier molecular flexibility index (Phi) is 3.38. The Hall–Kier alpha value is -2.67. The molecule has 7 heteroatoms. The molecule has 122 valence electrons. The van der Waals surface area contributed by atoms with Crippen LogP contribution in [0.25, 0.3) is 0 Å². The summed E-state index contributed by atoms with van der Waals surface area (Å²) in [6.07, 6.45) is 1.05. The zero-order valence-electron chi connectivity index (χ0n) is 12.8. The molecule has 2 aliphatic heterocycles. The van der Waals surface area contributed by atoms with Crippen LogP contribution in [-0.2, 0) is 10.0 Å². The number of carbonyl (C=O) groups is 1. The number of rotatable bonds is 2. The van der Waals surface area contributed by atoms with E-state index in [1.54, 1.807) is 47.4 Å². The van der Waals surface area contributed by atoms with Crippen molar-refractivity contribution in [1.29, 1.82) is 0 Å². The fourth-order valence-corrected chi connectivity index (χ4v) is 3.91. The molecule has 0 aromatic heterocycles. The second-order valence-corrected chi connectivity index (χ2v) is 7.33. The predicted octanol–water partition coefficient (Wildman–Crippen LogP) is 2.09. The molecule has 24 heavy (non-hydrogen) atoms. The lowest BCUT2D eigenvalue weighted by atomic mass is 10.1. The summed E-state index contributed by atoms with van der Waals surface area (Å²) < 4.78 is 27.9. The van der Waals surface area contributed by atoms with Crippen LogP contribution in [0, 0.1) is 0 Å². The van der Waals surface area contributed by atoms with Crippen LogP contribution < -0.4 is 5.32 Å². The summed E-state index contributed by atoms with van der Waals surface area (Å²) in [5.41, 5.74) is 1.86. The summed E-state index contributed by atoms with van der Waals surface area (Å²) in [7, 11) is -3.64. The first-order valence-electron chi connectivity index (χ1n) is 7.65. The van der Waals surface area contributed by atoms with Gasteiger partial charge in [-0.15, -0.1) is 4.40 Å². The number of nitrogens with one attached hydrogen (secondary N) is 1. The molecule has 2 heterocycles. The number of fused-ring (bicyclic) bond motifs is 1. The van der Waals surface area contributed by atoms with Crippen molar-refractivity contribution in [3.8, 4) is 0 Å². The molecule has 6 nitrogen and oxygen atoms in total. The maximum atomic E-state index is 12.1. The number of nitrogens with zero attached hydrogens (tertiary/aromatic N) is 2. The molecule has 0 bridgehead atoms. The highest BCUT2D eigenvalue weighted by molar-refractivity contribution is 7.90. The fraction of sp³-hybridized carbons (Fsp3) is 0.176. The number of amidine groups is 1. The third-order valence-corrected chi connectivity index (χ3v) is 5.50. The summed E-state index contributed by atoms with van der Waals surface area (Å²) in [4.78, 5) is 14.1. The summed E-state index contributed by atoms with van der Waals surface area (Å²) in [5.74, 6) is 0.325. The summed E-state index contributed by atoms with van der Waals surface area (Å²) in [5, 5.41) is 3.02. The van der Waals surface area contributed by atoms with Crippen molar-refractivity contribution in [1.82, 2.24) is 4.90 Å². The lowest BCUT2D eigenvalue weighted by molar-refractivity contribution is 0.0652. The molecule has 0 unspecified atom stereocenters. The van der Waals surface area contributed by atoms with Crippen molar-refractivity contribution in [2.45, 2.75) is 11.3 Å². The molecule has 1 amide bonds. The van der Waals surface area contributed by atoms with Gasteiger partial charge in [-0.3, -0.25) is 4.79 Å². The number of anilines is 1. The van der Waals surface area contributed by atoms with Crippen molar-refractivity contribution < 1.29 is 13.2 Å². The van der Waals surface area contributed by atoms with E-state index in [0.717, 1.165) is 19.5 Å². The van der Waals surface area contributed by atoms with Crippen LogP contribution in [0.4, 0.5) is 5.69 Å². The van der Waals surface area contributed by atoms with E-state index in [1.165, 1.54) is 6.07 Å². The lowest BCUT2D eigenvalue weighted by Gasteiger charge is -2.30. The molecule has 0 atom stereocenters. The van der Waals surface area contributed by atoms with E-state index in [4.69, 9.17) is 0 Å². The highest BCUT2D eigenvalue weighted by Gasteiger charge is 2.28. The zero-order valence-corrected chi connectivity index (χ0v) is 13.6. The van der Waals surface area contributed by atoms with Gasteiger partial charge in [0.05, 0.1) is 0 Å². The van der Waals surface area contributed by atoms with Gasteiger partial charge in [-0.2, -0.15) is 8.42 Å². The number of hydrogen-bond acceptors (Lipinski definition) is 4. The van der Waals surface area contributed by atoms with Crippen molar-refractivity contribution in [3.05, 3.63) is 59.7 Å². The van der Waals surface area contributed by atoms with Crippen LogP contribution in [0.5, 0.6) is 0 Å². The summed E-state index contributed by atoms with van der Waals surface area (Å²) in [6, 6.07) is 13.7. The number of benzene rings is 2. The van der Waals surface area contributed by atoms with Gasteiger partial charge >= 0.3 is 0 Å². The molecule has 2 aromatic rings. The molecule has 0 aliphatic carbocycles. The Morgan fingerprint density at radius 2 is 1.75 bits per heavy atom. The normalized spacial score (nSPS) is 17.7. The van der Waals surface area contributed by atoms with E-state index in [1.807, 2.05) is 0 Å². The minimum atomic E-state index is -3.64. The zero-order chi connectivity index (χ0) is 16.7. The van der Waals surface area contributed by atoms with Gasteiger partial charge in [0, 0.05) is 29.9 Å². The Morgan fingerprint density at radius 1 is 1.04 bits per heavy atom. The van der Waals surface area contributed by atoms with Gasteiger partial charge in [0.25, 0.3) is 15.9 Å². The first-order chi connectivity index (χ1) is 11.5. The Bertz CT molecular complexity index is 945. The summed E-state index contributed by atoms with van der Waals surface area (Å²) in [6.45, 7) is 1.62. The summed E-state index contributed by atoms with van der Waals surface area (Å²) >= 11 is 0. The smallest absolute Gasteiger partial charge is 0.285 e. The minimum absolute atomic E-state index is 0.0268. The number of carbonyl (C=O) groups excluding carboxylic acids is 1. The van der Waals surface area contributed by atoms with Crippen LogP contribution in [0.2, 0.25) is 0 Å². The van der Waals surface area contributed by atoms with Gasteiger partial charge in [-0.05, 0) is 42.8 Å². The molecule has 1 N–H and O–H groups in total. The van der Waals surface area contributed by atoms with Crippen molar-refractivity contribution in [3.63, 3.8) is 0 Å². The fourth-order valence-electron chi connectivity index (χ4n) is 2.73. The van der Waals surface area contributed by atoms with Gasteiger partial charge < -0.3 is 10.2 Å². The molecule has 0 saturated carbocycles. The van der Waals surface area contributed by atoms with Gasteiger partial charge in [-0.1, -0.05) is 12.1 Å². The average Bonchev–Trinajstić information content (AvgIpc) is 2.78. The average molecular weight is 341 g/mol. The van der Waals surface area contributed by atoms with Crippen LogP contribution in [-0.4, -0.2) is 38.2 Å². The Morgan fingerprint density at radius 3 is 2.42 bits per heavy atom. The molecular weight excluding hydrogens is 326 g/mol. The van der Waals surface area contributed by atoms with Gasteiger partial charge in [0.2, 0.25) is 0 Å². The maximum Gasteiger partial charge on any atom is 0.285 e. The van der Waals surface area contributed by atoms with Crippen LogP contribution >= 0.6 is 0 Å². The quantitative estimate of drug-likeness (QED) is 0.907. The predicted molar refractivity (Wildman–Crippen MR) is 90.8 cm³/mol. The molecule has 1 fully saturated rings. The molecule has 1 saturated heterocycles. The Balaban J connectivity index is 1.57. The van der Waals surface area contributed by atoms with Crippen molar-refractivity contribution in [2.75, 3.05) is 18.4 Å². The Labute approximate surface area is 139 Å². The maximum absolute atomic E-state index is 12.1. The van der Waals surface area contributed by atoms with E-state index in [2.05, 4.69) is 9.71 Å². The number of hydrogen-bond donors (Lipinski definition) is 1. The lowest BCUT2D eigenvalue weighted by Crippen LogP contribution is -2.41. The monoisotopic (exact) mass is 341 g/mol. The third kappa shape index (κ3) is 2.46. The number of amides is 1. The minimum Gasteiger partial charge on any atom is -0.339 e. The molecule has 4 rings (SSSR count). The first kappa shape index (κ1) is 14.9. The molecule has 2 aliphatic rings. The van der Waals surface area contributed by atoms with E-state index >= 15 is 0 Å². The van der Waals surface area contributed by atoms with E-state index in [-0.39, 0.29) is 10.8 Å². The topological polar surface area (TPSA) is 78.8 Å². The van der Waals surface area contributed by atoms with Gasteiger partial charge in [0.1, 0.15) is 4.90 Å². The van der Waals surface area contributed by atoms with Gasteiger partial charge in [-0.25, -0.2) is 0 Å². The largest absolute Gasteiger partial charge is 0.339 e. The number of sulfonamides is 1. The van der Waals surface area contributed by atoms with Crippen LogP contribution in [0.3, 0.4) is 0 Å². The van der Waals surface area contributed by atoms with Crippen LogP contribution in [0.1, 0.15) is 22.3 Å². The number of likely N-dealkylation sites (tertiary alicyclic amines) is 1. The van der Waals surface area contributed by atoms with E-state index in [9.17, 15) is 13.2 Å². The van der Waals surface area contributed by atoms with Gasteiger partial charge in [0.15, 0.2) is 5.84 Å². The molecular formula is C17H15N3O3S. The second-order valence-electron chi connectivity index (χ2n) is 5.76. The standard InChI is InChI=1S/C17H15N3O3S/c21-17(20-10-3-11-20)12-6-8-13(9-7-12)18-16-14-4-1-2-5-15(14)24(22,23)19-16/h1-2,4-9H,3,10-11H2,(H,18,19). The molecule has 2 aromatic carbocycles. The highest BCUT2D eigenvalue weighted by Crippen LogP contribution is 2.26. The van der Waals surface area contributed by atoms with E-state index in [0.29, 0.717) is 22.6 Å².